The van der Waals surface area contributed by atoms with Crippen LogP contribution in [0.4, 0.5) is 0 Å². The molecule has 0 spiro atoms. The molecule has 102 valence electrons. The molecule has 6 nitrogen and oxygen atoms in total. The van der Waals surface area contributed by atoms with Gasteiger partial charge in [0.15, 0.2) is 5.82 Å². The normalized spacial score (nSPS) is 10.9. The first kappa shape index (κ1) is 13.0. The lowest BCUT2D eigenvalue weighted by Gasteiger charge is -2.05. The molecule has 0 aliphatic rings. The highest BCUT2D eigenvalue weighted by atomic mass is 35.5. The van der Waals surface area contributed by atoms with Gasteiger partial charge in [-0.1, -0.05) is 45.5 Å². The molecule has 0 amide bonds. The summed E-state index contributed by atoms with van der Waals surface area (Å²) in [5.74, 6) is -0.0931. The zero-order valence-corrected chi connectivity index (χ0v) is 12.0. The molecule has 0 unspecified atom stereocenters. The Balaban J connectivity index is 2.09. The van der Waals surface area contributed by atoms with E-state index in [0.29, 0.717) is 15.9 Å². The van der Waals surface area contributed by atoms with Gasteiger partial charge < -0.3 is 0 Å². The lowest BCUT2D eigenvalue weighted by atomic mass is 10.1. The molecular weight excluding hydrogens is 300 g/mol. The van der Waals surface area contributed by atoms with E-state index in [2.05, 4.69) is 14.7 Å². The highest BCUT2D eigenvalue weighted by Crippen LogP contribution is 2.23. The Morgan fingerprint density at radius 1 is 1.40 bits per heavy atom. The quantitative estimate of drug-likeness (QED) is 0.742. The molecule has 0 aliphatic carbocycles. The molecule has 3 rings (SSSR count). The zero-order chi connectivity index (χ0) is 14.1. The number of hydrogen-bond acceptors (Lipinski definition) is 6. The van der Waals surface area contributed by atoms with Crippen LogP contribution >= 0.6 is 23.1 Å². The van der Waals surface area contributed by atoms with Crippen molar-refractivity contribution < 1.29 is 4.52 Å². The molecule has 0 saturated heterocycles. The van der Waals surface area contributed by atoms with Crippen LogP contribution in [-0.2, 0) is 6.54 Å². The fourth-order valence-corrected chi connectivity index (χ4v) is 2.48. The summed E-state index contributed by atoms with van der Waals surface area (Å²) in [5, 5.41) is 7.74. The van der Waals surface area contributed by atoms with Crippen molar-refractivity contribution in [3.8, 4) is 11.4 Å². The van der Waals surface area contributed by atoms with E-state index in [1.807, 2.05) is 31.2 Å². The first-order valence-corrected chi connectivity index (χ1v) is 6.91. The van der Waals surface area contributed by atoms with Gasteiger partial charge in [0.2, 0.25) is 0 Å². The molecule has 0 atom stereocenters. The second-order valence-electron chi connectivity index (χ2n) is 4.17. The van der Waals surface area contributed by atoms with E-state index in [-0.39, 0.29) is 6.54 Å². The largest absolute Gasteiger partial charge is 0.442 e. The predicted molar refractivity (Wildman–Crippen MR) is 75.0 cm³/mol. The van der Waals surface area contributed by atoms with Crippen molar-refractivity contribution >= 4 is 23.1 Å². The second kappa shape index (κ2) is 5.18. The highest BCUT2D eigenvalue weighted by Gasteiger charge is 2.17. The summed E-state index contributed by atoms with van der Waals surface area (Å²) in [6.45, 7) is 2.12. The topological polar surface area (TPSA) is 73.8 Å². The number of aryl methyl sites for hydroxylation is 1. The van der Waals surface area contributed by atoms with Crippen LogP contribution in [0.2, 0.25) is 4.34 Å². The van der Waals surface area contributed by atoms with Crippen LogP contribution < -0.4 is 5.76 Å². The third kappa shape index (κ3) is 2.25. The molecule has 0 bridgehead atoms. The number of benzene rings is 1. The summed E-state index contributed by atoms with van der Waals surface area (Å²) in [7, 11) is 0. The van der Waals surface area contributed by atoms with Crippen molar-refractivity contribution in [2.75, 3.05) is 0 Å². The third-order valence-corrected chi connectivity index (χ3v) is 3.87. The van der Waals surface area contributed by atoms with E-state index in [0.717, 1.165) is 22.7 Å². The Morgan fingerprint density at radius 2 is 2.20 bits per heavy atom. The molecule has 0 aliphatic heterocycles. The van der Waals surface area contributed by atoms with Gasteiger partial charge in [0.25, 0.3) is 0 Å². The van der Waals surface area contributed by atoms with E-state index in [4.69, 9.17) is 16.1 Å². The van der Waals surface area contributed by atoms with Gasteiger partial charge in [0.1, 0.15) is 10.0 Å². The Morgan fingerprint density at radius 3 is 2.90 bits per heavy atom. The summed E-state index contributed by atoms with van der Waals surface area (Å²) >= 11 is 7.04. The lowest BCUT2D eigenvalue weighted by Crippen LogP contribution is -2.17. The molecule has 0 fully saturated rings. The number of nitrogens with zero attached hydrogens (tertiary/aromatic N) is 4. The Labute approximate surface area is 122 Å². The van der Waals surface area contributed by atoms with Gasteiger partial charge >= 0.3 is 5.76 Å². The molecule has 1 aromatic carbocycles. The van der Waals surface area contributed by atoms with Crippen LogP contribution in [0.15, 0.2) is 33.6 Å². The number of rotatable bonds is 3. The third-order valence-electron chi connectivity index (χ3n) is 2.89. The van der Waals surface area contributed by atoms with Crippen LogP contribution in [0.1, 0.15) is 11.3 Å². The molecule has 20 heavy (non-hydrogen) atoms. The van der Waals surface area contributed by atoms with Crippen molar-refractivity contribution in [1.29, 1.82) is 0 Å². The van der Waals surface area contributed by atoms with Crippen molar-refractivity contribution in [1.82, 2.24) is 19.3 Å². The van der Waals surface area contributed by atoms with E-state index in [1.54, 1.807) is 0 Å². The van der Waals surface area contributed by atoms with Crippen LogP contribution in [0, 0.1) is 6.92 Å². The zero-order valence-electron chi connectivity index (χ0n) is 10.4. The van der Waals surface area contributed by atoms with Crippen molar-refractivity contribution in [3.63, 3.8) is 0 Å². The minimum absolute atomic E-state index is 0.182. The highest BCUT2D eigenvalue weighted by molar-refractivity contribution is 7.10. The Kier molecular flexibility index (Phi) is 3.37. The molecule has 8 heteroatoms. The van der Waals surface area contributed by atoms with Crippen LogP contribution in [-0.4, -0.2) is 19.3 Å². The predicted octanol–water partition coefficient (Wildman–Crippen LogP) is 2.36. The average Bonchev–Trinajstić information content (AvgIpc) is 2.99. The number of halogens is 1. The minimum atomic E-state index is -0.549. The van der Waals surface area contributed by atoms with Gasteiger partial charge in [-0.15, -0.1) is 5.10 Å². The number of aromatic nitrogens is 4. The Hall–Kier alpha value is -1.99. The van der Waals surface area contributed by atoms with Crippen molar-refractivity contribution in [2.45, 2.75) is 13.5 Å². The molecular formula is C12H9ClN4O2S. The standard InChI is InChI=1S/C12H9ClN4O2S/c1-7-4-2-3-5-8(7)11-15-19-12(18)17(11)6-9-10(13)20-16-14-9/h2-5H,6H2,1H3. The first-order valence-electron chi connectivity index (χ1n) is 5.76. The molecule has 2 heterocycles. The summed E-state index contributed by atoms with van der Waals surface area (Å²) in [5.41, 5.74) is 2.35. The first-order chi connectivity index (χ1) is 9.66. The Bertz CT molecular complexity index is 808. The van der Waals surface area contributed by atoms with Crippen molar-refractivity contribution in [2.24, 2.45) is 0 Å². The SMILES string of the molecule is Cc1ccccc1-c1noc(=O)n1Cc1nnsc1Cl. The molecule has 2 aromatic heterocycles. The van der Waals surface area contributed by atoms with Crippen LogP contribution in [0.25, 0.3) is 11.4 Å². The van der Waals surface area contributed by atoms with E-state index < -0.39 is 5.76 Å². The minimum Gasteiger partial charge on any atom is -0.295 e. The smallest absolute Gasteiger partial charge is 0.295 e. The maximum Gasteiger partial charge on any atom is 0.442 e. The van der Waals surface area contributed by atoms with Gasteiger partial charge in [0.05, 0.1) is 6.54 Å². The summed E-state index contributed by atoms with van der Waals surface area (Å²) in [4.78, 5) is 11.8. The van der Waals surface area contributed by atoms with Gasteiger partial charge in [0, 0.05) is 17.1 Å². The van der Waals surface area contributed by atoms with Gasteiger partial charge in [-0.25, -0.2) is 4.79 Å². The van der Waals surface area contributed by atoms with Crippen LogP contribution in [0.3, 0.4) is 0 Å². The van der Waals surface area contributed by atoms with Gasteiger partial charge in [-0.3, -0.25) is 9.09 Å². The fraction of sp³-hybridized carbons (Fsp3) is 0.167. The fourth-order valence-electron chi connectivity index (χ4n) is 1.87. The molecule has 0 saturated carbocycles. The maximum atomic E-state index is 11.8. The molecule has 0 N–H and O–H groups in total. The van der Waals surface area contributed by atoms with Gasteiger partial charge in [-0.2, -0.15) is 0 Å². The van der Waals surface area contributed by atoms with E-state index in [9.17, 15) is 4.79 Å². The summed E-state index contributed by atoms with van der Waals surface area (Å²) in [6, 6.07) is 7.62. The maximum absolute atomic E-state index is 11.8. The number of hydrogen-bond donors (Lipinski definition) is 0. The average molecular weight is 309 g/mol. The summed E-state index contributed by atoms with van der Waals surface area (Å²) in [6.07, 6.45) is 0. The second-order valence-corrected chi connectivity index (χ2v) is 5.52. The van der Waals surface area contributed by atoms with E-state index in [1.165, 1.54) is 4.57 Å². The summed E-state index contributed by atoms with van der Waals surface area (Å²) < 4.78 is 10.4. The van der Waals surface area contributed by atoms with E-state index >= 15 is 0 Å². The molecule has 3 aromatic rings. The monoisotopic (exact) mass is 308 g/mol. The lowest BCUT2D eigenvalue weighted by molar-refractivity contribution is 0.378. The van der Waals surface area contributed by atoms with Crippen molar-refractivity contribution in [3.05, 3.63) is 50.4 Å². The molecule has 0 radical (unpaired) electrons. The van der Waals surface area contributed by atoms with Gasteiger partial charge in [-0.05, 0) is 12.5 Å². The van der Waals surface area contributed by atoms with Crippen LogP contribution in [0.5, 0.6) is 0 Å².